The SMILES string of the molecule is CCNC(COC1CCC1)(C(=O)O)C1CC1. The molecule has 92 valence electrons. The third-order valence-corrected chi connectivity index (χ3v) is 3.75. The first-order chi connectivity index (χ1) is 7.69. The summed E-state index contributed by atoms with van der Waals surface area (Å²) in [7, 11) is 0. The van der Waals surface area contributed by atoms with Crippen LogP contribution in [0.25, 0.3) is 0 Å². The first-order valence-corrected chi connectivity index (χ1v) is 6.29. The van der Waals surface area contributed by atoms with Gasteiger partial charge in [-0.3, -0.25) is 10.1 Å². The van der Waals surface area contributed by atoms with Crippen LogP contribution in [-0.2, 0) is 9.53 Å². The highest BCUT2D eigenvalue weighted by atomic mass is 16.5. The normalized spacial score (nSPS) is 24.8. The lowest BCUT2D eigenvalue weighted by Crippen LogP contribution is -2.58. The van der Waals surface area contributed by atoms with Crippen LogP contribution in [0.4, 0.5) is 0 Å². The zero-order chi connectivity index (χ0) is 11.6. The van der Waals surface area contributed by atoms with Crippen LogP contribution in [0.1, 0.15) is 39.0 Å². The molecule has 0 amide bonds. The standard InChI is InChI=1S/C12H21NO3/c1-2-13-12(11(14)15,9-6-7-9)8-16-10-4-3-5-10/h9-10,13H,2-8H2,1H3,(H,14,15). The summed E-state index contributed by atoms with van der Waals surface area (Å²) in [4.78, 5) is 11.5. The largest absolute Gasteiger partial charge is 0.480 e. The molecule has 2 N–H and O–H groups in total. The molecule has 0 heterocycles. The van der Waals surface area contributed by atoms with Gasteiger partial charge < -0.3 is 9.84 Å². The quantitative estimate of drug-likeness (QED) is 0.690. The first-order valence-electron chi connectivity index (χ1n) is 6.29. The van der Waals surface area contributed by atoms with Crippen molar-refractivity contribution in [2.45, 2.75) is 50.7 Å². The van der Waals surface area contributed by atoms with Gasteiger partial charge in [0.15, 0.2) is 0 Å². The van der Waals surface area contributed by atoms with Crippen LogP contribution in [0.15, 0.2) is 0 Å². The Morgan fingerprint density at radius 3 is 2.50 bits per heavy atom. The highest BCUT2D eigenvalue weighted by Gasteiger charge is 2.51. The van der Waals surface area contributed by atoms with Gasteiger partial charge in [0.1, 0.15) is 5.54 Å². The van der Waals surface area contributed by atoms with Crippen molar-refractivity contribution in [3.8, 4) is 0 Å². The number of hydrogen-bond acceptors (Lipinski definition) is 3. The van der Waals surface area contributed by atoms with E-state index in [0.717, 1.165) is 25.7 Å². The second-order valence-electron chi connectivity index (χ2n) is 4.95. The van der Waals surface area contributed by atoms with Gasteiger partial charge in [0.05, 0.1) is 12.7 Å². The summed E-state index contributed by atoms with van der Waals surface area (Å²) < 4.78 is 5.72. The smallest absolute Gasteiger partial charge is 0.326 e. The fourth-order valence-corrected chi connectivity index (χ4v) is 2.30. The molecule has 2 rings (SSSR count). The molecule has 0 radical (unpaired) electrons. The fraction of sp³-hybridized carbons (Fsp3) is 0.917. The van der Waals surface area contributed by atoms with Crippen LogP contribution in [0.3, 0.4) is 0 Å². The summed E-state index contributed by atoms with van der Waals surface area (Å²) in [5.74, 6) is -0.499. The number of nitrogens with one attached hydrogen (secondary N) is 1. The van der Waals surface area contributed by atoms with Crippen molar-refractivity contribution in [3.05, 3.63) is 0 Å². The Bertz CT molecular complexity index is 261. The number of carboxylic acid groups (broad SMARTS) is 1. The molecule has 2 saturated carbocycles. The van der Waals surface area contributed by atoms with Crippen molar-refractivity contribution in [2.75, 3.05) is 13.2 Å². The summed E-state index contributed by atoms with van der Waals surface area (Å²) in [6, 6.07) is 0. The molecule has 0 spiro atoms. The van der Waals surface area contributed by atoms with Gasteiger partial charge in [-0.2, -0.15) is 0 Å². The van der Waals surface area contributed by atoms with E-state index in [0.29, 0.717) is 19.3 Å². The minimum absolute atomic E-state index is 0.255. The number of ether oxygens (including phenoxy) is 1. The van der Waals surface area contributed by atoms with E-state index in [1.165, 1.54) is 6.42 Å². The van der Waals surface area contributed by atoms with Gasteiger partial charge in [0, 0.05) is 0 Å². The molecule has 0 saturated heterocycles. The number of aliphatic carboxylic acids is 1. The molecule has 1 unspecified atom stereocenters. The molecule has 2 aliphatic rings. The van der Waals surface area contributed by atoms with Crippen molar-refractivity contribution in [1.29, 1.82) is 0 Å². The van der Waals surface area contributed by atoms with E-state index in [2.05, 4.69) is 5.32 Å². The maximum absolute atomic E-state index is 11.5. The lowest BCUT2D eigenvalue weighted by molar-refractivity contribution is -0.151. The van der Waals surface area contributed by atoms with Gasteiger partial charge in [-0.1, -0.05) is 6.92 Å². The van der Waals surface area contributed by atoms with Crippen LogP contribution in [0, 0.1) is 5.92 Å². The third-order valence-electron chi connectivity index (χ3n) is 3.75. The van der Waals surface area contributed by atoms with Gasteiger partial charge in [0.25, 0.3) is 0 Å². The Kier molecular flexibility index (Phi) is 3.50. The number of carboxylic acids is 1. The average Bonchev–Trinajstić information content (AvgIpc) is 2.96. The summed E-state index contributed by atoms with van der Waals surface area (Å²) in [6.45, 7) is 2.95. The van der Waals surface area contributed by atoms with Crippen molar-refractivity contribution in [3.63, 3.8) is 0 Å². The molecular formula is C12H21NO3. The molecule has 1 atom stereocenters. The van der Waals surface area contributed by atoms with Crippen molar-refractivity contribution in [1.82, 2.24) is 5.32 Å². The highest BCUT2D eigenvalue weighted by molar-refractivity contribution is 5.80. The predicted octanol–water partition coefficient (Wildman–Crippen LogP) is 1.40. The Labute approximate surface area is 96.4 Å². The Morgan fingerprint density at radius 2 is 2.12 bits per heavy atom. The molecule has 0 aromatic carbocycles. The van der Waals surface area contributed by atoms with E-state index in [1.54, 1.807) is 0 Å². The fourth-order valence-electron chi connectivity index (χ4n) is 2.30. The summed E-state index contributed by atoms with van der Waals surface area (Å²) in [5.41, 5.74) is -0.829. The number of hydrogen-bond donors (Lipinski definition) is 2. The zero-order valence-corrected chi connectivity index (χ0v) is 9.87. The molecule has 4 heteroatoms. The van der Waals surface area contributed by atoms with E-state index in [1.807, 2.05) is 6.92 Å². The highest BCUT2D eigenvalue weighted by Crippen LogP contribution is 2.40. The second kappa shape index (κ2) is 4.72. The van der Waals surface area contributed by atoms with Gasteiger partial charge in [-0.15, -0.1) is 0 Å². The van der Waals surface area contributed by atoms with Gasteiger partial charge in [0.2, 0.25) is 0 Å². The molecule has 2 aliphatic carbocycles. The second-order valence-corrected chi connectivity index (χ2v) is 4.95. The van der Waals surface area contributed by atoms with E-state index < -0.39 is 11.5 Å². The average molecular weight is 227 g/mol. The maximum Gasteiger partial charge on any atom is 0.326 e. The minimum atomic E-state index is -0.829. The monoisotopic (exact) mass is 227 g/mol. The van der Waals surface area contributed by atoms with E-state index in [-0.39, 0.29) is 5.92 Å². The van der Waals surface area contributed by atoms with E-state index >= 15 is 0 Å². The van der Waals surface area contributed by atoms with Crippen LogP contribution in [0.2, 0.25) is 0 Å². The van der Waals surface area contributed by atoms with Gasteiger partial charge >= 0.3 is 5.97 Å². The molecule has 4 nitrogen and oxygen atoms in total. The first kappa shape index (κ1) is 11.9. The van der Waals surface area contributed by atoms with Crippen LogP contribution in [-0.4, -0.2) is 35.9 Å². The van der Waals surface area contributed by atoms with Crippen LogP contribution < -0.4 is 5.32 Å². The van der Waals surface area contributed by atoms with E-state index in [4.69, 9.17) is 4.74 Å². The molecule has 16 heavy (non-hydrogen) atoms. The Balaban J connectivity index is 1.95. The molecular weight excluding hydrogens is 206 g/mol. The topological polar surface area (TPSA) is 58.6 Å². The summed E-state index contributed by atoms with van der Waals surface area (Å²) >= 11 is 0. The Hall–Kier alpha value is -0.610. The molecule has 0 bridgehead atoms. The van der Waals surface area contributed by atoms with E-state index in [9.17, 15) is 9.90 Å². The van der Waals surface area contributed by atoms with Crippen molar-refractivity contribution in [2.24, 2.45) is 5.92 Å². The summed E-state index contributed by atoms with van der Waals surface area (Å²) in [6.07, 6.45) is 5.71. The lowest BCUT2D eigenvalue weighted by atomic mass is 9.92. The maximum atomic E-state index is 11.5. The number of carbonyl (C=O) groups is 1. The van der Waals surface area contributed by atoms with Gasteiger partial charge in [-0.05, 0) is 44.6 Å². The molecule has 0 aromatic rings. The van der Waals surface area contributed by atoms with Gasteiger partial charge in [-0.25, -0.2) is 0 Å². The summed E-state index contributed by atoms with van der Waals surface area (Å²) in [5, 5.41) is 12.6. The predicted molar refractivity (Wildman–Crippen MR) is 60.4 cm³/mol. The minimum Gasteiger partial charge on any atom is -0.480 e. The zero-order valence-electron chi connectivity index (χ0n) is 9.87. The third kappa shape index (κ3) is 2.23. The lowest BCUT2D eigenvalue weighted by Gasteiger charge is -2.34. The molecule has 0 aliphatic heterocycles. The van der Waals surface area contributed by atoms with Crippen molar-refractivity contribution < 1.29 is 14.6 Å². The number of rotatable bonds is 7. The number of likely N-dealkylation sites (N-methyl/N-ethyl adjacent to an activating group) is 1. The van der Waals surface area contributed by atoms with Crippen LogP contribution >= 0.6 is 0 Å². The molecule has 0 aromatic heterocycles. The van der Waals surface area contributed by atoms with Crippen LogP contribution in [0.5, 0.6) is 0 Å². The van der Waals surface area contributed by atoms with Crippen molar-refractivity contribution >= 4 is 5.97 Å². The molecule has 2 fully saturated rings. The Morgan fingerprint density at radius 1 is 1.44 bits per heavy atom.